The number of allylic oxidation sites excluding steroid dienone is 2. The van der Waals surface area contributed by atoms with Gasteiger partial charge in [-0.15, -0.1) is 12.6 Å². The fraction of sp³-hybridized carbons (Fsp3) is 0.0833. The fourth-order valence-corrected chi connectivity index (χ4v) is 1.11. The number of thiol groups is 1. The summed E-state index contributed by atoms with van der Waals surface area (Å²) in [5.74, 6) is -1.01. The molecule has 0 aliphatic rings. The number of carboxylic acid groups (broad SMARTS) is 1. The molecular weight excluding hydrogens is 208 g/mol. The molecule has 3 heteroatoms. The van der Waals surface area contributed by atoms with Crippen LogP contribution in [-0.4, -0.2) is 11.1 Å². The zero-order chi connectivity index (χ0) is 11.3. The largest absolute Gasteiger partial charge is 0.477 e. The molecule has 1 aromatic carbocycles. The van der Waals surface area contributed by atoms with E-state index in [0.29, 0.717) is 5.57 Å². The van der Waals surface area contributed by atoms with Crippen LogP contribution in [0.25, 0.3) is 6.08 Å². The molecule has 0 saturated carbocycles. The molecule has 0 amide bonds. The lowest BCUT2D eigenvalue weighted by Gasteiger charge is -1.96. The molecule has 0 saturated heterocycles. The van der Waals surface area contributed by atoms with Gasteiger partial charge in [0.05, 0.1) is 4.91 Å². The van der Waals surface area contributed by atoms with Crippen molar-refractivity contribution in [3.8, 4) is 0 Å². The minimum absolute atomic E-state index is 0.0715. The summed E-state index contributed by atoms with van der Waals surface area (Å²) in [6.45, 7) is 1.72. The summed E-state index contributed by atoms with van der Waals surface area (Å²) in [6, 6.07) is 9.68. The van der Waals surface area contributed by atoms with Crippen molar-refractivity contribution in [3.63, 3.8) is 0 Å². The molecule has 0 aromatic heterocycles. The molecule has 1 aromatic rings. The molecule has 0 unspecified atom stereocenters. The molecule has 78 valence electrons. The average Bonchev–Trinajstić information content (AvgIpc) is 2.26. The average molecular weight is 220 g/mol. The second-order valence-electron chi connectivity index (χ2n) is 3.08. The van der Waals surface area contributed by atoms with Gasteiger partial charge in [-0.3, -0.25) is 0 Å². The van der Waals surface area contributed by atoms with E-state index in [0.717, 1.165) is 5.56 Å². The van der Waals surface area contributed by atoms with E-state index in [1.54, 1.807) is 13.0 Å². The number of benzene rings is 1. The van der Waals surface area contributed by atoms with Crippen LogP contribution < -0.4 is 0 Å². The Hall–Kier alpha value is -1.48. The van der Waals surface area contributed by atoms with E-state index in [1.165, 1.54) is 0 Å². The molecule has 0 spiro atoms. The molecule has 0 heterocycles. The Morgan fingerprint density at radius 3 is 2.47 bits per heavy atom. The van der Waals surface area contributed by atoms with E-state index in [1.807, 2.05) is 36.4 Å². The molecule has 0 radical (unpaired) electrons. The molecule has 0 bridgehead atoms. The molecule has 0 fully saturated rings. The van der Waals surface area contributed by atoms with Crippen molar-refractivity contribution in [3.05, 3.63) is 52.4 Å². The first-order chi connectivity index (χ1) is 7.11. The van der Waals surface area contributed by atoms with Gasteiger partial charge in [0.1, 0.15) is 0 Å². The Morgan fingerprint density at radius 1 is 1.33 bits per heavy atom. The fourth-order valence-electron chi connectivity index (χ4n) is 1.03. The number of carbonyl (C=O) groups is 1. The lowest BCUT2D eigenvalue weighted by atomic mass is 10.1. The van der Waals surface area contributed by atoms with Gasteiger partial charge in [-0.25, -0.2) is 4.79 Å². The maximum Gasteiger partial charge on any atom is 0.342 e. The zero-order valence-corrected chi connectivity index (χ0v) is 9.24. The van der Waals surface area contributed by atoms with Crippen molar-refractivity contribution in [1.29, 1.82) is 0 Å². The van der Waals surface area contributed by atoms with E-state index in [9.17, 15) is 4.79 Å². The van der Waals surface area contributed by atoms with Gasteiger partial charge in [0.15, 0.2) is 0 Å². The predicted molar refractivity (Wildman–Crippen MR) is 64.8 cm³/mol. The molecule has 0 atom stereocenters. The highest BCUT2D eigenvalue weighted by Gasteiger charge is 2.03. The Morgan fingerprint density at radius 2 is 1.93 bits per heavy atom. The molecule has 15 heavy (non-hydrogen) atoms. The summed E-state index contributed by atoms with van der Waals surface area (Å²) in [6.07, 6.45) is 3.60. The van der Waals surface area contributed by atoms with E-state index in [-0.39, 0.29) is 4.91 Å². The van der Waals surface area contributed by atoms with E-state index < -0.39 is 5.97 Å². The summed E-state index contributed by atoms with van der Waals surface area (Å²) < 4.78 is 0. The SMILES string of the molecule is CC(/C=C/c1ccccc1)=C(/S)C(=O)O. The van der Waals surface area contributed by atoms with Gasteiger partial charge in [0, 0.05) is 0 Å². The van der Waals surface area contributed by atoms with Gasteiger partial charge in [-0.05, 0) is 18.1 Å². The summed E-state index contributed by atoms with van der Waals surface area (Å²) in [5.41, 5.74) is 1.66. The molecular formula is C12H12O2S. The van der Waals surface area contributed by atoms with Crippen LogP contribution in [0.2, 0.25) is 0 Å². The van der Waals surface area contributed by atoms with Crippen LogP contribution in [0.3, 0.4) is 0 Å². The van der Waals surface area contributed by atoms with Gasteiger partial charge >= 0.3 is 5.97 Å². The van der Waals surface area contributed by atoms with Crippen LogP contribution in [-0.2, 0) is 4.79 Å². The quantitative estimate of drug-likeness (QED) is 0.467. The highest BCUT2D eigenvalue weighted by Crippen LogP contribution is 2.12. The van der Waals surface area contributed by atoms with Crippen LogP contribution in [0.5, 0.6) is 0 Å². The second kappa shape index (κ2) is 5.41. The molecule has 1 rings (SSSR count). The maximum atomic E-state index is 10.6. The Kier molecular flexibility index (Phi) is 4.18. The second-order valence-corrected chi connectivity index (χ2v) is 3.53. The number of aliphatic carboxylic acids is 1. The Balaban J connectivity index is 2.83. The lowest BCUT2D eigenvalue weighted by molar-refractivity contribution is -0.131. The third kappa shape index (κ3) is 3.64. The van der Waals surface area contributed by atoms with Gasteiger partial charge in [0.2, 0.25) is 0 Å². The first-order valence-corrected chi connectivity index (χ1v) is 4.92. The van der Waals surface area contributed by atoms with Crippen molar-refractivity contribution in [1.82, 2.24) is 0 Å². The van der Waals surface area contributed by atoms with Crippen LogP contribution in [0, 0.1) is 0 Å². The summed E-state index contributed by atoms with van der Waals surface area (Å²) in [4.78, 5) is 10.7. The molecule has 0 aliphatic carbocycles. The minimum atomic E-state index is -1.01. The van der Waals surface area contributed by atoms with Crippen LogP contribution >= 0.6 is 12.6 Å². The van der Waals surface area contributed by atoms with Gasteiger partial charge in [-0.1, -0.05) is 42.5 Å². The number of hydrogen-bond donors (Lipinski definition) is 2. The highest BCUT2D eigenvalue weighted by molar-refractivity contribution is 7.85. The number of rotatable bonds is 3. The smallest absolute Gasteiger partial charge is 0.342 e. The zero-order valence-electron chi connectivity index (χ0n) is 8.34. The first-order valence-electron chi connectivity index (χ1n) is 4.47. The van der Waals surface area contributed by atoms with Crippen molar-refractivity contribution >= 4 is 24.7 Å². The summed E-state index contributed by atoms with van der Waals surface area (Å²) >= 11 is 3.90. The normalized spacial score (nSPS) is 12.7. The van der Waals surface area contributed by atoms with E-state index in [4.69, 9.17) is 5.11 Å². The van der Waals surface area contributed by atoms with E-state index in [2.05, 4.69) is 12.6 Å². The monoisotopic (exact) mass is 220 g/mol. The van der Waals surface area contributed by atoms with Crippen molar-refractivity contribution in [2.24, 2.45) is 0 Å². The van der Waals surface area contributed by atoms with Crippen LogP contribution in [0.4, 0.5) is 0 Å². The number of carboxylic acids is 1. The van der Waals surface area contributed by atoms with E-state index >= 15 is 0 Å². The minimum Gasteiger partial charge on any atom is -0.477 e. The third-order valence-corrected chi connectivity index (χ3v) is 2.45. The Labute approximate surface area is 94.4 Å². The Bertz CT molecular complexity index is 405. The predicted octanol–water partition coefficient (Wildman–Crippen LogP) is 2.99. The third-order valence-electron chi connectivity index (χ3n) is 1.90. The topological polar surface area (TPSA) is 37.3 Å². The van der Waals surface area contributed by atoms with Crippen molar-refractivity contribution in [2.75, 3.05) is 0 Å². The molecule has 0 aliphatic heterocycles. The van der Waals surface area contributed by atoms with Crippen molar-refractivity contribution in [2.45, 2.75) is 6.92 Å². The number of hydrogen-bond acceptors (Lipinski definition) is 2. The first kappa shape index (κ1) is 11.6. The lowest BCUT2D eigenvalue weighted by Crippen LogP contribution is -1.95. The summed E-state index contributed by atoms with van der Waals surface area (Å²) in [5, 5.41) is 8.68. The molecule has 1 N–H and O–H groups in total. The van der Waals surface area contributed by atoms with Crippen molar-refractivity contribution < 1.29 is 9.90 Å². The van der Waals surface area contributed by atoms with Gasteiger partial charge in [0.25, 0.3) is 0 Å². The molecule has 2 nitrogen and oxygen atoms in total. The van der Waals surface area contributed by atoms with Crippen LogP contribution in [0.1, 0.15) is 12.5 Å². The standard InChI is InChI=1S/C12H12O2S/c1-9(11(15)12(13)14)7-8-10-5-3-2-4-6-10/h2-8,15H,1H3,(H,13,14)/b8-7+,11-9-. The van der Waals surface area contributed by atoms with Crippen LogP contribution in [0.15, 0.2) is 46.9 Å². The van der Waals surface area contributed by atoms with Gasteiger partial charge < -0.3 is 5.11 Å². The van der Waals surface area contributed by atoms with Gasteiger partial charge in [-0.2, -0.15) is 0 Å². The maximum absolute atomic E-state index is 10.6. The highest BCUT2D eigenvalue weighted by atomic mass is 32.1. The summed E-state index contributed by atoms with van der Waals surface area (Å²) in [7, 11) is 0.